The monoisotopic (exact) mass is 340 g/mol. The van der Waals surface area contributed by atoms with Gasteiger partial charge in [-0.15, -0.1) is 0 Å². The zero-order valence-corrected chi connectivity index (χ0v) is 13.5. The average Bonchev–Trinajstić information content (AvgIpc) is 2.62. The van der Waals surface area contributed by atoms with Gasteiger partial charge >= 0.3 is 0 Å². The molecule has 2 aromatic rings. The highest BCUT2D eigenvalue weighted by atomic mass is 19.1. The number of carbonyl (C=O) groups excluding carboxylic acids is 1. The lowest BCUT2D eigenvalue weighted by Crippen LogP contribution is -2.42. The number of β-amino-alcohol motifs (C(OH)–C–C–N with tert-alkyl or cyclic N) is 1. The Balaban J connectivity index is 1.74. The van der Waals surface area contributed by atoms with Gasteiger partial charge in [-0.2, -0.15) is 5.26 Å². The van der Waals surface area contributed by atoms with E-state index in [0.717, 1.165) is 6.42 Å². The number of amides is 1. The molecule has 0 aromatic heterocycles. The minimum absolute atomic E-state index is 0.126. The summed E-state index contributed by atoms with van der Waals surface area (Å²) in [5, 5.41) is 18.7. The van der Waals surface area contributed by atoms with Crippen LogP contribution < -0.4 is 4.74 Å². The summed E-state index contributed by atoms with van der Waals surface area (Å²) in [7, 11) is 0. The number of hydrogen-bond donors (Lipinski definition) is 1. The molecule has 2 aromatic carbocycles. The summed E-state index contributed by atoms with van der Waals surface area (Å²) in [6.45, 7) is 0.967. The smallest absolute Gasteiger partial charge is 0.253 e. The van der Waals surface area contributed by atoms with E-state index in [4.69, 9.17) is 10.00 Å². The molecule has 25 heavy (non-hydrogen) atoms. The molecule has 1 saturated heterocycles. The Morgan fingerprint density at radius 1 is 1.28 bits per heavy atom. The number of aliphatic hydroxyl groups excluding tert-OH is 1. The van der Waals surface area contributed by atoms with Gasteiger partial charge in [-0.25, -0.2) is 4.39 Å². The lowest BCUT2D eigenvalue weighted by atomic mass is 10.1. The maximum absolute atomic E-state index is 13.6. The molecule has 1 atom stereocenters. The highest BCUT2D eigenvalue weighted by molar-refractivity contribution is 5.94. The molecule has 6 heteroatoms. The number of hydrogen-bond acceptors (Lipinski definition) is 4. The van der Waals surface area contributed by atoms with Crippen molar-refractivity contribution >= 4 is 5.91 Å². The van der Waals surface area contributed by atoms with Crippen molar-refractivity contribution in [3.05, 3.63) is 59.4 Å². The van der Waals surface area contributed by atoms with Crippen LogP contribution in [0.25, 0.3) is 0 Å². The standard InChI is InChI=1S/C19H17FN2O3/c20-17-4-1-5-18(16(17)11-21)25-15-8-6-13(7-9-15)19(24)22-10-2-3-14(23)12-22/h1,4-9,14,23H,2-3,10,12H2. The molecule has 0 bridgehead atoms. The third-order valence-corrected chi connectivity index (χ3v) is 4.10. The number of piperidine rings is 1. The van der Waals surface area contributed by atoms with E-state index in [1.54, 1.807) is 35.2 Å². The summed E-state index contributed by atoms with van der Waals surface area (Å²) in [4.78, 5) is 14.1. The normalized spacial score (nSPS) is 17.0. The second kappa shape index (κ2) is 7.32. The molecule has 0 radical (unpaired) electrons. The quantitative estimate of drug-likeness (QED) is 0.932. The fourth-order valence-corrected chi connectivity index (χ4v) is 2.81. The molecular formula is C19H17FN2O3. The van der Waals surface area contributed by atoms with Gasteiger partial charge in [0.25, 0.3) is 5.91 Å². The number of nitriles is 1. The van der Waals surface area contributed by atoms with Crippen LogP contribution in [0.5, 0.6) is 11.5 Å². The Labute approximate surface area is 144 Å². The molecule has 0 spiro atoms. The minimum Gasteiger partial charge on any atom is -0.456 e. The molecule has 0 saturated carbocycles. The van der Waals surface area contributed by atoms with Crippen LogP contribution >= 0.6 is 0 Å². The molecule has 1 fully saturated rings. The van der Waals surface area contributed by atoms with E-state index in [9.17, 15) is 14.3 Å². The number of ether oxygens (including phenoxy) is 1. The van der Waals surface area contributed by atoms with E-state index < -0.39 is 11.9 Å². The Bertz CT molecular complexity index is 814. The highest BCUT2D eigenvalue weighted by Crippen LogP contribution is 2.27. The topological polar surface area (TPSA) is 73.6 Å². The van der Waals surface area contributed by atoms with E-state index in [0.29, 0.717) is 30.8 Å². The number of halogens is 1. The second-order valence-corrected chi connectivity index (χ2v) is 5.90. The molecule has 3 rings (SSSR count). The van der Waals surface area contributed by atoms with E-state index >= 15 is 0 Å². The molecule has 1 aliphatic heterocycles. The van der Waals surface area contributed by atoms with Crippen LogP contribution in [0.1, 0.15) is 28.8 Å². The molecule has 1 heterocycles. The van der Waals surface area contributed by atoms with Crippen LogP contribution in [0.3, 0.4) is 0 Å². The number of benzene rings is 2. The fraction of sp³-hybridized carbons (Fsp3) is 0.263. The highest BCUT2D eigenvalue weighted by Gasteiger charge is 2.23. The Morgan fingerprint density at radius 2 is 2.04 bits per heavy atom. The van der Waals surface area contributed by atoms with Gasteiger partial charge in [0.1, 0.15) is 28.9 Å². The fourth-order valence-electron chi connectivity index (χ4n) is 2.81. The van der Waals surface area contributed by atoms with Crippen molar-refractivity contribution in [3.8, 4) is 17.6 Å². The first-order valence-electron chi connectivity index (χ1n) is 8.02. The number of likely N-dealkylation sites (tertiary alicyclic amines) is 1. The Kier molecular flexibility index (Phi) is 4.96. The largest absolute Gasteiger partial charge is 0.456 e. The predicted molar refractivity (Wildman–Crippen MR) is 88.8 cm³/mol. The average molecular weight is 340 g/mol. The number of rotatable bonds is 3. The Morgan fingerprint density at radius 3 is 2.72 bits per heavy atom. The predicted octanol–water partition coefficient (Wildman–Crippen LogP) is 3.09. The van der Waals surface area contributed by atoms with Crippen molar-refractivity contribution in [2.24, 2.45) is 0 Å². The summed E-state index contributed by atoms with van der Waals surface area (Å²) in [5.74, 6) is -0.262. The summed E-state index contributed by atoms with van der Waals surface area (Å²) >= 11 is 0. The number of aliphatic hydroxyl groups is 1. The zero-order chi connectivity index (χ0) is 17.8. The van der Waals surface area contributed by atoms with Gasteiger partial charge in [-0.05, 0) is 49.2 Å². The van der Waals surface area contributed by atoms with Crippen molar-refractivity contribution in [1.29, 1.82) is 5.26 Å². The summed E-state index contributed by atoms with van der Waals surface area (Å²) < 4.78 is 19.1. The maximum Gasteiger partial charge on any atom is 0.253 e. The van der Waals surface area contributed by atoms with Crippen molar-refractivity contribution in [2.45, 2.75) is 18.9 Å². The molecule has 1 aliphatic rings. The number of carbonyl (C=O) groups is 1. The summed E-state index contributed by atoms with van der Waals surface area (Å²) in [5.41, 5.74) is 0.325. The van der Waals surface area contributed by atoms with Crippen LogP contribution in [0, 0.1) is 17.1 Å². The second-order valence-electron chi connectivity index (χ2n) is 5.90. The molecule has 5 nitrogen and oxygen atoms in total. The van der Waals surface area contributed by atoms with Gasteiger partial charge in [0.2, 0.25) is 0 Å². The van der Waals surface area contributed by atoms with Gasteiger partial charge in [0.05, 0.1) is 6.10 Å². The van der Waals surface area contributed by atoms with Gasteiger partial charge in [-0.1, -0.05) is 6.07 Å². The SMILES string of the molecule is N#Cc1c(F)cccc1Oc1ccc(C(=O)N2CCCC(O)C2)cc1. The Hall–Kier alpha value is -2.91. The molecule has 1 unspecified atom stereocenters. The van der Waals surface area contributed by atoms with Crippen LogP contribution in [0.2, 0.25) is 0 Å². The van der Waals surface area contributed by atoms with E-state index in [-0.39, 0.29) is 17.2 Å². The van der Waals surface area contributed by atoms with Crippen molar-refractivity contribution in [1.82, 2.24) is 4.90 Å². The van der Waals surface area contributed by atoms with Crippen LogP contribution in [0.15, 0.2) is 42.5 Å². The zero-order valence-electron chi connectivity index (χ0n) is 13.5. The molecule has 0 aliphatic carbocycles. The number of nitrogens with zero attached hydrogens (tertiary/aromatic N) is 2. The van der Waals surface area contributed by atoms with Gasteiger partial charge < -0.3 is 14.7 Å². The first-order chi connectivity index (χ1) is 12.1. The van der Waals surface area contributed by atoms with Gasteiger partial charge in [-0.3, -0.25) is 4.79 Å². The molecule has 1 N–H and O–H groups in total. The van der Waals surface area contributed by atoms with Crippen molar-refractivity contribution < 1.29 is 19.0 Å². The van der Waals surface area contributed by atoms with E-state index in [2.05, 4.69) is 0 Å². The van der Waals surface area contributed by atoms with E-state index in [1.165, 1.54) is 18.2 Å². The van der Waals surface area contributed by atoms with Gasteiger partial charge in [0.15, 0.2) is 0 Å². The maximum atomic E-state index is 13.6. The molecular weight excluding hydrogens is 323 g/mol. The van der Waals surface area contributed by atoms with Crippen LogP contribution in [-0.2, 0) is 0 Å². The molecule has 1 amide bonds. The van der Waals surface area contributed by atoms with Crippen LogP contribution in [0.4, 0.5) is 4.39 Å². The lowest BCUT2D eigenvalue weighted by molar-refractivity contribution is 0.0474. The molecule has 128 valence electrons. The van der Waals surface area contributed by atoms with E-state index in [1.807, 2.05) is 0 Å². The minimum atomic E-state index is -0.643. The van der Waals surface area contributed by atoms with Gasteiger partial charge in [0, 0.05) is 18.7 Å². The first-order valence-corrected chi connectivity index (χ1v) is 8.02. The first kappa shape index (κ1) is 16.9. The van der Waals surface area contributed by atoms with Crippen LogP contribution in [-0.4, -0.2) is 35.1 Å². The van der Waals surface area contributed by atoms with Crippen molar-refractivity contribution in [2.75, 3.05) is 13.1 Å². The lowest BCUT2D eigenvalue weighted by Gasteiger charge is -2.30. The van der Waals surface area contributed by atoms with Crippen molar-refractivity contribution in [3.63, 3.8) is 0 Å². The third kappa shape index (κ3) is 3.78. The summed E-state index contributed by atoms with van der Waals surface area (Å²) in [6.07, 6.45) is 1.02. The summed E-state index contributed by atoms with van der Waals surface area (Å²) in [6, 6.07) is 12.4. The third-order valence-electron chi connectivity index (χ3n) is 4.10.